The Labute approximate surface area is 167 Å². The molecular weight excluding hydrogens is 370 g/mol. The Hall–Kier alpha value is -3.12. The highest BCUT2D eigenvalue weighted by Gasteiger charge is 2.12. The van der Waals surface area contributed by atoms with Crippen LogP contribution in [0.4, 0.5) is 5.13 Å². The third-order valence-electron chi connectivity index (χ3n) is 4.64. The number of ether oxygens (including phenoxy) is 1. The van der Waals surface area contributed by atoms with Crippen molar-refractivity contribution in [3.05, 3.63) is 65.7 Å². The van der Waals surface area contributed by atoms with Crippen LogP contribution in [-0.2, 0) is 11.3 Å². The summed E-state index contributed by atoms with van der Waals surface area (Å²) in [5, 5.41) is 6.62. The van der Waals surface area contributed by atoms with Crippen molar-refractivity contribution >= 4 is 33.3 Å². The van der Waals surface area contributed by atoms with Gasteiger partial charge in [-0.2, -0.15) is 0 Å². The Morgan fingerprint density at radius 2 is 2.07 bits per heavy atom. The van der Waals surface area contributed by atoms with E-state index >= 15 is 0 Å². The van der Waals surface area contributed by atoms with E-state index in [1.165, 1.54) is 16.7 Å². The third-order valence-corrected chi connectivity index (χ3v) is 5.40. The second kappa shape index (κ2) is 7.86. The first kappa shape index (κ1) is 18.3. The second-order valence-corrected chi connectivity index (χ2v) is 7.47. The van der Waals surface area contributed by atoms with Crippen molar-refractivity contribution in [2.75, 3.05) is 12.4 Å². The molecule has 0 fully saturated rings. The predicted octanol–water partition coefficient (Wildman–Crippen LogP) is 5.11. The summed E-state index contributed by atoms with van der Waals surface area (Å²) < 4.78 is 7.53. The number of para-hydroxylation sites is 1. The van der Waals surface area contributed by atoms with Crippen LogP contribution in [0, 0.1) is 6.92 Å². The number of nitrogens with one attached hydrogen (secondary N) is 1. The van der Waals surface area contributed by atoms with Crippen molar-refractivity contribution in [1.29, 1.82) is 0 Å². The Morgan fingerprint density at radius 3 is 2.93 bits per heavy atom. The topological polar surface area (TPSA) is 56.1 Å². The number of aromatic nitrogens is 2. The van der Waals surface area contributed by atoms with E-state index in [1.807, 2.05) is 48.8 Å². The van der Waals surface area contributed by atoms with E-state index in [4.69, 9.17) is 4.74 Å². The van der Waals surface area contributed by atoms with Crippen molar-refractivity contribution in [1.82, 2.24) is 9.55 Å². The zero-order valence-electron chi connectivity index (χ0n) is 15.8. The molecule has 28 heavy (non-hydrogen) atoms. The van der Waals surface area contributed by atoms with E-state index in [1.54, 1.807) is 7.11 Å². The number of benzene rings is 2. The van der Waals surface area contributed by atoms with Gasteiger partial charge in [-0.15, -0.1) is 11.3 Å². The first-order valence-corrected chi connectivity index (χ1v) is 9.96. The molecule has 0 spiro atoms. The largest absolute Gasteiger partial charge is 0.496 e. The van der Waals surface area contributed by atoms with Crippen LogP contribution in [0.25, 0.3) is 22.2 Å². The molecule has 1 amide bonds. The lowest BCUT2D eigenvalue weighted by Gasteiger charge is -2.07. The Bertz CT molecular complexity index is 1130. The number of aryl methyl sites for hydroxylation is 2. The maximum Gasteiger partial charge on any atom is 0.227 e. The zero-order chi connectivity index (χ0) is 19.5. The van der Waals surface area contributed by atoms with Crippen LogP contribution >= 0.6 is 11.3 Å². The van der Waals surface area contributed by atoms with Gasteiger partial charge in [0, 0.05) is 35.6 Å². The highest BCUT2D eigenvalue weighted by atomic mass is 32.1. The standard InChI is InChI=1S/C22H21N3O2S/c1-15-7-8-20(27-2)17(13-15)18-14-28-22(23-18)24-21(26)10-12-25-11-9-16-5-3-4-6-19(16)25/h3-9,11,13-14H,10,12H2,1-2H3,(H,23,24,26). The van der Waals surface area contributed by atoms with Crippen molar-refractivity contribution in [2.24, 2.45) is 0 Å². The van der Waals surface area contributed by atoms with Crippen LogP contribution < -0.4 is 10.1 Å². The number of carbonyl (C=O) groups excluding carboxylic acids is 1. The molecule has 2 heterocycles. The number of fused-ring (bicyclic) bond motifs is 1. The summed E-state index contributed by atoms with van der Waals surface area (Å²) in [6, 6.07) is 16.2. The number of methoxy groups -OCH3 is 1. The summed E-state index contributed by atoms with van der Waals surface area (Å²) in [6.07, 6.45) is 2.41. The fourth-order valence-electron chi connectivity index (χ4n) is 3.22. The van der Waals surface area contributed by atoms with E-state index in [0.717, 1.165) is 28.1 Å². The maximum absolute atomic E-state index is 12.4. The normalized spacial score (nSPS) is 10.9. The average molecular weight is 391 g/mol. The molecule has 0 unspecified atom stereocenters. The highest BCUT2D eigenvalue weighted by molar-refractivity contribution is 7.14. The molecule has 0 aliphatic heterocycles. The fraction of sp³-hybridized carbons (Fsp3) is 0.182. The molecule has 142 valence electrons. The minimum Gasteiger partial charge on any atom is -0.496 e. The smallest absolute Gasteiger partial charge is 0.227 e. The quantitative estimate of drug-likeness (QED) is 0.497. The minimum atomic E-state index is -0.0464. The van der Waals surface area contributed by atoms with E-state index in [0.29, 0.717) is 18.1 Å². The van der Waals surface area contributed by atoms with Gasteiger partial charge in [0.1, 0.15) is 5.75 Å². The van der Waals surface area contributed by atoms with Crippen molar-refractivity contribution in [3.63, 3.8) is 0 Å². The molecule has 4 aromatic rings. The molecule has 1 N–H and O–H groups in total. The minimum absolute atomic E-state index is 0.0464. The molecule has 0 saturated carbocycles. The lowest BCUT2D eigenvalue weighted by molar-refractivity contribution is -0.116. The number of anilines is 1. The zero-order valence-corrected chi connectivity index (χ0v) is 16.6. The van der Waals surface area contributed by atoms with Crippen LogP contribution in [0.2, 0.25) is 0 Å². The number of hydrogen-bond donors (Lipinski definition) is 1. The van der Waals surface area contributed by atoms with Gasteiger partial charge in [0.15, 0.2) is 5.13 Å². The number of rotatable bonds is 6. The van der Waals surface area contributed by atoms with Gasteiger partial charge in [0.25, 0.3) is 0 Å². The van der Waals surface area contributed by atoms with Gasteiger partial charge in [-0.1, -0.05) is 29.8 Å². The molecule has 2 aromatic carbocycles. The molecule has 0 aliphatic carbocycles. The number of nitrogens with zero attached hydrogens (tertiary/aromatic N) is 2. The van der Waals surface area contributed by atoms with E-state index in [9.17, 15) is 4.79 Å². The van der Waals surface area contributed by atoms with Gasteiger partial charge in [-0.05, 0) is 36.6 Å². The summed E-state index contributed by atoms with van der Waals surface area (Å²) in [5.74, 6) is 0.725. The van der Waals surface area contributed by atoms with E-state index < -0.39 is 0 Å². The fourth-order valence-corrected chi connectivity index (χ4v) is 3.94. The lowest BCUT2D eigenvalue weighted by atomic mass is 10.1. The predicted molar refractivity (Wildman–Crippen MR) is 114 cm³/mol. The molecule has 0 aliphatic rings. The molecule has 0 radical (unpaired) electrons. The third kappa shape index (κ3) is 3.77. The monoisotopic (exact) mass is 391 g/mol. The Balaban J connectivity index is 1.42. The van der Waals surface area contributed by atoms with E-state index in [2.05, 4.69) is 33.1 Å². The molecule has 6 heteroatoms. The van der Waals surface area contributed by atoms with Gasteiger partial charge in [0.2, 0.25) is 5.91 Å². The van der Waals surface area contributed by atoms with Gasteiger partial charge < -0.3 is 14.6 Å². The maximum atomic E-state index is 12.4. The van der Waals surface area contributed by atoms with E-state index in [-0.39, 0.29) is 5.91 Å². The Morgan fingerprint density at radius 1 is 1.21 bits per heavy atom. The van der Waals surface area contributed by atoms with Gasteiger partial charge >= 0.3 is 0 Å². The van der Waals surface area contributed by atoms with Crippen LogP contribution in [0.5, 0.6) is 5.75 Å². The molecule has 2 aromatic heterocycles. The number of hydrogen-bond acceptors (Lipinski definition) is 4. The molecule has 4 rings (SSSR count). The second-order valence-electron chi connectivity index (χ2n) is 6.61. The SMILES string of the molecule is COc1ccc(C)cc1-c1csc(NC(=O)CCn2ccc3ccccc32)n1. The first-order valence-electron chi connectivity index (χ1n) is 9.08. The number of thiazole rings is 1. The van der Waals surface area contributed by atoms with Crippen molar-refractivity contribution < 1.29 is 9.53 Å². The lowest BCUT2D eigenvalue weighted by Crippen LogP contribution is -2.14. The molecule has 5 nitrogen and oxygen atoms in total. The molecule has 0 bridgehead atoms. The van der Waals surface area contributed by atoms with Gasteiger partial charge in [-0.3, -0.25) is 4.79 Å². The molecule has 0 saturated heterocycles. The van der Waals surface area contributed by atoms with Gasteiger partial charge in [0.05, 0.1) is 12.8 Å². The number of carbonyl (C=O) groups is 1. The summed E-state index contributed by atoms with van der Waals surface area (Å²) in [5.41, 5.74) is 4.00. The first-order chi connectivity index (χ1) is 13.6. The summed E-state index contributed by atoms with van der Waals surface area (Å²) >= 11 is 1.42. The highest BCUT2D eigenvalue weighted by Crippen LogP contribution is 2.33. The summed E-state index contributed by atoms with van der Waals surface area (Å²) in [4.78, 5) is 16.9. The summed E-state index contributed by atoms with van der Waals surface area (Å²) in [6.45, 7) is 2.66. The van der Waals surface area contributed by atoms with Gasteiger partial charge in [-0.25, -0.2) is 4.98 Å². The van der Waals surface area contributed by atoms with Crippen LogP contribution in [0.1, 0.15) is 12.0 Å². The number of amides is 1. The van der Waals surface area contributed by atoms with Crippen LogP contribution in [0.15, 0.2) is 60.1 Å². The summed E-state index contributed by atoms with van der Waals surface area (Å²) in [7, 11) is 1.65. The molecular formula is C22H21N3O2S. The van der Waals surface area contributed by atoms with Crippen molar-refractivity contribution in [2.45, 2.75) is 19.9 Å². The average Bonchev–Trinajstić information content (AvgIpc) is 3.33. The van der Waals surface area contributed by atoms with Crippen LogP contribution in [-0.4, -0.2) is 22.6 Å². The van der Waals surface area contributed by atoms with Crippen molar-refractivity contribution in [3.8, 4) is 17.0 Å². The van der Waals surface area contributed by atoms with Crippen LogP contribution in [0.3, 0.4) is 0 Å². The Kier molecular flexibility index (Phi) is 5.12. The molecule has 0 atom stereocenters.